The van der Waals surface area contributed by atoms with Gasteiger partial charge in [0, 0.05) is 12.2 Å². The van der Waals surface area contributed by atoms with Crippen molar-refractivity contribution in [2.45, 2.75) is 18.9 Å². The number of rotatable bonds is 2. The van der Waals surface area contributed by atoms with E-state index in [1.165, 1.54) is 24.9 Å². The average molecular weight is 192 g/mol. The van der Waals surface area contributed by atoms with Crippen molar-refractivity contribution in [3.8, 4) is 5.75 Å². The molecule has 0 aliphatic carbocycles. The van der Waals surface area contributed by atoms with E-state index in [0.29, 0.717) is 6.04 Å². The van der Waals surface area contributed by atoms with Gasteiger partial charge in [-0.15, -0.1) is 0 Å². The standard InChI is InChI=1S/C11H16N2O/c1-13-5-3-4-11(13)9-6-10(14-2)8-12-7-9/h6-8,11H,3-5H2,1-2H3/t11-/m0/s1. The molecule has 0 N–H and O–H groups in total. The number of ether oxygens (including phenoxy) is 1. The molecule has 3 nitrogen and oxygen atoms in total. The summed E-state index contributed by atoms with van der Waals surface area (Å²) in [6.45, 7) is 1.18. The number of methoxy groups -OCH3 is 1. The third kappa shape index (κ3) is 1.73. The molecular formula is C11H16N2O. The summed E-state index contributed by atoms with van der Waals surface area (Å²) in [5.41, 5.74) is 1.27. The molecule has 14 heavy (non-hydrogen) atoms. The minimum Gasteiger partial charge on any atom is -0.495 e. The Morgan fingerprint density at radius 3 is 3.00 bits per heavy atom. The predicted molar refractivity (Wildman–Crippen MR) is 55.4 cm³/mol. The zero-order valence-electron chi connectivity index (χ0n) is 8.73. The Balaban J connectivity index is 2.22. The summed E-state index contributed by atoms with van der Waals surface area (Å²) in [4.78, 5) is 6.55. The predicted octanol–water partition coefficient (Wildman–Crippen LogP) is 1.86. The summed E-state index contributed by atoms with van der Waals surface area (Å²) in [5.74, 6) is 0.850. The molecular weight excluding hydrogens is 176 g/mol. The lowest BCUT2D eigenvalue weighted by Crippen LogP contribution is -2.17. The maximum absolute atomic E-state index is 5.17. The lowest BCUT2D eigenvalue weighted by molar-refractivity contribution is 0.315. The number of hydrogen-bond acceptors (Lipinski definition) is 3. The van der Waals surface area contributed by atoms with Crippen molar-refractivity contribution in [3.05, 3.63) is 24.0 Å². The molecule has 0 radical (unpaired) electrons. The van der Waals surface area contributed by atoms with E-state index in [1.807, 2.05) is 6.20 Å². The zero-order chi connectivity index (χ0) is 9.97. The van der Waals surface area contributed by atoms with Gasteiger partial charge in [0.1, 0.15) is 5.75 Å². The second-order valence-corrected chi connectivity index (χ2v) is 3.80. The summed E-state index contributed by atoms with van der Waals surface area (Å²) in [6.07, 6.45) is 6.19. The molecule has 0 spiro atoms. The van der Waals surface area contributed by atoms with Gasteiger partial charge in [-0.3, -0.25) is 9.88 Å². The first-order valence-electron chi connectivity index (χ1n) is 5.00. The van der Waals surface area contributed by atoms with Crippen LogP contribution in [0.2, 0.25) is 0 Å². The zero-order valence-corrected chi connectivity index (χ0v) is 8.73. The van der Waals surface area contributed by atoms with E-state index in [9.17, 15) is 0 Å². The van der Waals surface area contributed by atoms with Gasteiger partial charge in [0.25, 0.3) is 0 Å². The van der Waals surface area contributed by atoms with E-state index in [1.54, 1.807) is 13.3 Å². The van der Waals surface area contributed by atoms with Gasteiger partial charge in [0.2, 0.25) is 0 Å². The Hall–Kier alpha value is -1.09. The molecule has 1 saturated heterocycles. The molecule has 2 heterocycles. The minimum atomic E-state index is 0.526. The van der Waals surface area contributed by atoms with Gasteiger partial charge >= 0.3 is 0 Å². The second kappa shape index (κ2) is 3.96. The first-order valence-corrected chi connectivity index (χ1v) is 5.00. The fraction of sp³-hybridized carbons (Fsp3) is 0.545. The number of nitrogens with zero attached hydrogens (tertiary/aromatic N) is 2. The van der Waals surface area contributed by atoms with E-state index in [-0.39, 0.29) is 0 Å². The van der Waals surface area contributed by atoms with Crippen molar-refractivity contribution in [1.29, 1.82) is 0 Å². The van der Waals surface area contributed by atoms with Gasteiger partial charge < -0.3 is 4.74 Å². The molecule has 0 bridgehead atoms. The van der Waals surface area contributed by atoms with Gasteiger partial charge in [0.15, 0.2) is 0 Å². The van der Waals surface area contributed by atoms with Crippen LogP contribution >= 0.6 is 0 Å². The summed E-state index contributed by atoms with van der Waals surface area (Å²) in [7, 11) is 3.84. The fourth-order valence-corrected chi connectivity index (χ4v) is 2.06. The summed E-state index contributed by atoms with van der Waals surface area (Å²) in [6, 6.07) is 2.61. The van der Waals surface area contributed by atoms with Crippen molar-refractivity contribution < 1.29 is 4.74 Å². The lowest BCUT2D eigenvalue weighted by Gasteiger charge is -2.19. The van der Waals surface area contributed by atoms with Crippen LogP contribution in [0.5, 0.6) is 5.75 Å². The van der Waals surface area contributed by atoms with Crippen molar-refractivity contribution in [2.24, 2.45) is 0 Å². The molecule has 1 aromatic heterocycles. The number of likely N-dealkylation sites (tertiary alicyclic amines) is 1. The molecule has 1 aliphatic rings. The van der Waals surface area contributed by atoms with E-state index in [4.69, 9.17) is 4.74 Å². The second-order valence-electron chi connectivity index (χ2n) is 3.80. The molecule has 1 aliphatic heterocycles. The Morgan fingerprint density at radius 2 is 2.36 bits per heavy atom. The van der Waals surface area contributed by atoms with Crippen LogP contribution in [-0.2, 0) is 0 Å². The summed E-state index contributed by atoms with van der Waals surface area (Å²) >= 11 is 0. The first kappa shape index (κ1) is 9.46. The van der Waals surface area contributed by atoms with Crippen LogP contribution in [0.25, 0.3) is 0 Å². The van der Waals surface area contributed by atoms with E-state index >= 15 is 0 Å². The molecule has 1 fully saturated rings. The Morgan fingerprint density at radius 1 is 1.50 bits per heavy atom. The van der Waals surface area contributed by atoms with E-state index in [2.05, 4.69) is 23.0 Å². The lowest BCUT2D eigenvalue weighted by atomic mass is 10.1. The van der Waals surface area contributed by atoms with Crippen molar-refractivity contribution in [1.82, 2.24) is 9.88 Å². The fourth-order valence-electron chi connectivity index (χ4n) is 2.06. The smallest absolute Gasteiger partial charge is 0.137 e. The normalized spacial score (nSPS) is 22.6. The topological polar surface area (TPSA) is 25.4 Å². The molecule has 0 saturated carbocycles. The molecule has 1 atom stereocenters. The monoisotopic (exact) mass is 192 g/mol. The van der Waals surface area contributed by atoms with E-state index in [0.717, 1.165) is 5.75 Å². The van der Waals surface area contributed by atoms with Crippen molar-refractivity contribution in [2.75, 3.05) is 20.7 Å². The Labute approximate surface area is 84.7 Å². The third-order valence-corrected chi connectivity index (χ3v) is 2.88. The SMILES string of the molecule is COc1cncc([C@@H]2CCCN2C)c1. The Bertz CT molecular complexity index is 314. The summed E-state index contributed by atoms with van der Waals surface area (Å²) < 4.78 is 5.17. The number of hydrogen-bond donors (Lipinski definition) is 0. The minimum absolute atomic E-state index is 0.526. The average Bonchev–Trinajstić information content (AvgIpc) is 2.65. The molecule has 3 heteroatoms. The Kier molecular flexibility index (Phi) is 2.68. The van der Waals surface area contributed by atoms with Crippen LogP contribution in [0, 0.1) is 0 Å². The first-order chi connectivity index (χ1) is 6.81. The molecule has 76 valence electrons. The van der Waals surface area contributed by atoms with Crippen molar-refractivity contribution in [3.63, 3.8) is 0 Å². The van der Waals surface area contributed by atoms with Crippen LogP contribution in [0.3, 0.4) is 0 Å². The third-order valence-electron chi connectivity index (χ3n) is 2.88. The van der Waals surface area contributed by atoms with Crippen LogP contribution < -0.4 is 4.74 Å². The van der Waals surface area contributed by atoms with Crippen LogP contribution in [0.4, 0.5) is 0 Å². The van der Waals surface area contributed by atoms with Gasteiger partial charge in [-0.25, -0.2) is 0 Å². The van der Waals surface area contributed by atoms with Gasteiger partial charge in [-0.2, -0.15) is 0 Å². The van der Waals surface area contributed by atoms with Crippen LogP contribution in [0.15, 0.2) is 18.5 Å². The molecule has 0 unspecified atom stereocenters. The van der Waals surface area contributed by atoms with Gasteiger partial charge in [-0.1, -0.05) is 0 Å². The van der Waals surface area contributed by atoms with Gasteiger partial charge in [0.05, 0.1) is 13.3 Å². The number of aromatic nitrogens is 1. The largest absolute Gasteiger partial charge is 0.495 e. The highest BCUT2D eigenvalue weighted by atomic mass is 16.5. The highest BCUT2D eigenvalue weighted by Gasteiger charge is 2.22. The van der Waals surface area contributed by atoms with Crippen molar-refractivity contribution >= 4 is 0 Å². The molecule has 2 rings (SSSR count). The van der Waals surface area contributed by atoms with Crippen LogP contribution in [0.1, 0.15) is 24.4 Å². The van der Waals surface area contributed by atoms with E-state index < -0.39 is 0 Å². The maximum Gasteiger partial charge on any atom is 0.137 e. The highest BCUT2D eigenvalue weighted by Crippen LogP contribution is 2.31. The molecule has 1 aromatic rings. The van der Waals surface area contributed by atoms with Gasteiger partial charge in [-0.05, 0) is 38.1 Å². The highest BCUT2D eigenvalue weighted by molar-refractivity contribution is 5.26. The molecule has 0 aromatic carbocycles. The summed E-state index contributed by atoms with van der Waals surface area (Å²) in [5, 5.41) is 0. The van der Waals surface area contributed by atoms with Crippen LogP contribution in [-0.4, -0.2) is 30.6 Å². The molecule has 0 amide bonds. The number of pyridine rings is 1. The maximum atomic E-state index is 5.17. The quantitative estimate of drug-likeness (QED) is 0.715.